The Morgan fingerprint density at radius 1 is 1.31 bits per heavy atom. The maximum Gasteiger partial charge on any atom is 0.338 e. The Morgan fingerprint density at radius 3 is 2.54 bits per heavy atom. The van der Waals surface area contributed by atoms with Crippen molar-refractivity contribution in [2.45, 2.75) is 33.7 Å². The molecule has 0 radical (unpaired) electrons. The van der Waals surface area contributed by atoms with Crippen LogP contribution in [0.4, 0.5) is 0 Å². The first-order valence-electron chi connectivity index (χ1n) is 8.26. The molecule has 1 aliphatic rings. The topological polar surface area (TPSA) is 60.7 Å². The molecule has 7 heteroatoms. The van der Waals surface area contributed by atoms with E-state index in [1.165, 1.54) is 15.9 Å². The normalized spacial score (nSPS) is 16.1. The van der Waals surface area contributed by atoms with E-state index in [0.29, 0.717) is 20.6 Å². The van der Waals surface area contributed by atoms with Gasteiger partial charge in [-0.3, -0.25) is 9.36 Å². The molecular weight excluding hydrogens is 416 g/mol. The van der Waals surface area contributed by atoms with Crippen molar-refractivity contribution in [3.63, 3.8) is 0 Å². The highest BCUT2D eigenvalue weighted by atomic mass is 79.9. The van der Waals surface area contributed by atoms with E-state index in [1.807, 2.05) is 38.1 Å². The SMILES string of the molecule is CCOC(=O)C1=C(C)n2c(sc(=C(C)C)c2=O)=N[C@H]1c1ccc(Br)cc1. The molecule has 1 aromatic heterocycles. The van der Waals surface area contributed by atoms with Crippen LogP contribution in [0.15, 0.2) is 44.1 Å². The van der Waals surface area contributed by atoms with Crippen molar-refractivity contribution >= 4 is 44.5 Å². The molecule has 0 N–H and O–H groups in total. The third-order valence-corrected chi connectivity index (χ3v) is 5.94. The lowest BCUT2D eigenvalue weighted by atomic mass is 9.97. The van der Waals surface area contributed by atoms with Gasteiger partial charge >= 0.3 is 5.97 Å². The van der Waals surface area contributed by atoms with E-state index in [4.69, 9.17) is 9.73 Å². The van der Waals surface area contributed by atoms with Gasteiger partial charge in [-0.15, -0.1) is 0 Å². The molecule has 3 rings (SSSR count). The van der Waals surface area contributed by atoms with Crippen molar-refractivity contribution in [2.24, 2.45) is 4.99 Å². The summed E-state index contributed by atoms with van der Waals surface area (Å²) >= 11 is 4.78. The lowest BCUT2D eigenvalue weighted by molar-refractivity contribution is -0.138. The molecule has 1 aliphatic heterocycles. The molecule has 1 aromatic carbocycles. The second-order valence-corrected chi connectivity index (χ2v) is 8.05. The maximum atomic E-state index is 12.8. The minimum absolute atomic E-state index is 0.137. The minimum Gasteiger partial charge on any atom is -0.463 e. The molecule has 2 heterocycles. The van der Waals surface area contributed by atoms with Gasteiger partial charge in [-0.25, -0.2) is 9.79 Å². The Hall–Kier alpha value is -1.99. The van der Waals surface area contributed by atoms with Crippen LogP contribution in [0.2, 0.25) is 0 Å². The van der Waals surface area contributed by atoms with Gasteiger partial charge in [-0.2, -0.15) is 0 Å². The van der Waals surface area contributed by atoms with Gasteiger partial charge in [0.1, 0.15) is 6.04 Å². The van der Waals surface area contributed by atoms with Gasteiger partial charge in [0.2, 0.25) is 0 Å². The number of benzene rings is 1. The highest BCUT2D eigenvalue weighted by molar-refractivity contribution is 9.10. The first-order chi connectivity index (χ1) is 12.3. The number of carbonyl (C=O) groups is 1. The first-order valence-corrected chi connectivity index (χ1v) is 9.87. The van der Waals surface area contributed by atoms with Crippen LogP contribution in [0.3, 0.4) is 0 Å². The molecule has 0 unspecified atom stereocenters. The van der Waals surface area contributed by atoms with E-state index in [1.54, 1.807) is 13.8 Å². The maximum absolute atomic E-state index is 12.8. The van der Waals surface area contributed by atoms with E-state index < -0.39 is 12.0 Å². The highest BCUT2D eigenvalue weighted by Gasteiger charge is 2.31. The first kappa shape index (κ1) is 18.8. The van der Waals surface area contributed by atoms with Crippen LogP contribution in [0.25, 0.3) is 11.3 Å². The molecule has 0 bridgehead atoms. The van der Waals surface area contributed by atoms with Crippen molar-refractivity contribution in [1.82, 2.24) is 4.57 Å². The summed E-state index contributed by atoms with van der Waals surface area (Å²) in [6, 6.07) is 7.17. The number of hydrogen-bond donors (Lipinski definition) is 0. The number of nitrogens with zero attached hydrogens (tertiary/aromatic N) is 2. The second kappa shape index (κ2) is 7.32. The second-order valence-electron chi connectivity index (χ2n) is 6.16. The Morgan fingerprint density at radius 2 is 1.96 bits per heavy atom. The van der Waals surface area contributed by atoms with E-state index in [-0.39, 0.29) is 12.2 Å². The van der Waals surface area contributed by atoms with Gasteiger partial charge in [-0.05, 0) is 45.4 Å². The molecule has 26 heavy (non-hydrogen) atoms. The summed E-state index contributed by atoms with van der Waals surface area (Å²) in [7, 11) is 0. The summed E-state index contributed by atoms with van der Waals surface area (Å²) in [4.78, 5) is 30.8. The van der Waals surface area contributed by atoms with Crippen molar-refractivity contribution in [3.8, 4) is 0 Å². The number of hydrogen-bond acceptors (Lipinski definition) is 5. The third kappa shape index (κ3) is 3.21. The summed E-state index contributed by atoms with van der Waals surface area (Å²) in [5.41, 5.74) is 2.66. The van der Waals surface area contributed by atoms with E-state index >= 15 is 0 Å². The van der Waals surface area contributed by atoms with Gasteiger partial charge in [0.05, 0.1) is 16.7 Å². The smallest absolute Gasteiger partial charge is 0.338 e. The molecule has 5 nitrogen and oxygen atoms in total. The van der Waals surface area contributed by atoms with Crippen LogP contribution < -0.4 is 14.9 Å². The van der Waals surface area contributed by atoms with Gasteiger partial charge < -0.3 is 4.74 Å². The van der Waals surface area contributed by atoms with Crippen molar-refractivity contribution in [2.75, 3.05) is 6.61 Å². The number of halogens is 1. The Kier molecular flexibility index (Phi) is 5.29. The standard InChI is InChI=1S/C19H19BrN2O3S/c1-5-25-18(24)14-11(4)22-17(23)16(10(2)3)26-19(22)21-15(14)12-6-8-13(20)9-7-12/h6-9,15H,5H2,1-4H3/t15-/m0/s1. The fourth-order valence-corrected chi connectivity index (χ4v) is 4.21. The monoisotopic (exact) mass is 434 g/mol. The lowest BCUT2D eigenvalue weighted by Crippen LogP contribution is -2.35. The number of esters is 1. The molecule has 0 saturated carbocycles. The van der Waals surface area contributed by atoms with Crippen LogP contribution >= 0.6 is 27.3 Å². The van der Waals surface area contributed by atoms with Gasteiger partial charge in [0.25, 0.3) is 5.56 Å². The summed E-state index contributed by atoms with van der Waals surface area (Å²) in [5, 5.41) is 0. The minimum atomic E-state index is -0.495. The molecule has 0 spiro atoms. The summed E-state index contributed by atoms with van der Waals surface area (Å²) in [5.74, 6) is -0.441. The Labute approximate surface area is 163 Å². The number of allylic oxidation sites excluding steroid dienone is 1. The van der Waals surface area contributed by atoms with Crippen molar-refractivity contribution < 1.29 is 9.53 Å². The molecule has 0 amide bonds. The zero-order valence-corrected chi connectivity index (χ0v) is 17.4. The van der Waals surface area contributed by atoms with Crippen LogP contribution in [0.5, 0.6) is 0 Å². The van der Waals surface area contributed by atoms with Gasteiger partial charge in [0.15, 0.2) is 4.80 Å². The highest BCUT2D eigenvalue weighted by Crippen LogP contribution is 2.32. The van der Waals surface area contributed by atoms with E-state index in [0.717, 1.165) is 15.6 Å². The molecular formula is C19H19BrN2O3S. The van der Waals surface area contributed by atoms with Crippen molar-refractivity contribution in [1.29, 1.82) is 0 Å². The summed E-state index contributed by atoms with van der Waals surface area (Å²) < 4.78 is 8.38. The molecule has 0 fully saturated rings. The average Bonchev–Trinajstić information content (AvgIpc) is 2.93. The van der Waals surface area contributed by atoms with E-state index in [9.17, 15) is 9.59 Å². The Balaban J connectivity index is 2.33. The lowest BCUT2D eigenvalue weighted by Gasteiger charge is -2.22. The van der Waals surface area contributed by atoms with Crippen LogP contribution in [-0.2, 0) is 9.53 Å². The number of aromatic nitrogens is 1. The van der Waals surface area contributed by atoms with Crippen LogP contribution in [0, 0.1) is 0 Å². The summed E-state index contributed by atoms with van der Waals surface area (Å²) in [6.07, 6.45) is 0. The fraction of sp³-hybridized carbons (Fsp3) is 0.316. The zero-order chi connectivity index (χ0) is 19.0. The largest absolute Gasteiger partial charge is 0.463 e. The predicted molar refractivity (Wildman–Crippen MR) is 107 cm³/mol. The number of thiazole rings is 1. The average molecular weight is 435 g/mol. The molecule has 2 aromatic rings. The molecule has 0 aliphatic carbocycles. The van der Waals surface area contributed by atoms with Crippen LogP contribution in [-0.4, -0.2) is 17.1 Å². The van der Waals surface area contributed by atoms with E-state index in [2.05, 4.69) is 15.9 Å². The number of carbonyl (C=O) groups excluding carboxylic acids is 1. The number of ether oxygens (including phenoxy) is 1. The predicted octanol–water partition coefficient (Wildman–Crippen LogP) is 3.03. The number of rotatable bonds is 3. The van der Waals surface area contributed by atoms with Crippen LogP contribution in [0.1, 0.15) is 39.3 Å². The molecule has 0 saturated heterocycles. The third-order valence-electron chi connectivity index (χ3n) is 4.16. The zero-order valence-electron chi connectivity index (χ0n) is 15.0. The fourth-order valence-electron chi connectivity index (χ4n) is 2.91. The quantitative estimate of drug-likeness (QED) is 0.697. The van der Waals surface area contributed by atoms with Gasteiger partial charge in [0, 0.05) is 10.2 Å². The molecule has 136 valence electrons. The van der Waals surface area contributed by atoms with Crippen molar-refractivity contribution in [3.05, 3.63) is 59.6 Å². The summed E-state index contributed by atoms with van der Waals surface area (Å²) in [6.45, 7) is 7.60. The number of fused-ring (bicyclic) bond motifs is 1. The van der Waals surface area contributed by atoms with Gasteiger partial charge in [-0.1, -0.05) is 45.0 Å². The molecule has 1 atom stereocenters. The Bertz CT molecular complexity index is 1070.